The molecule has 1 aromatic heterocycles. The topological polar surface area (TPSA) is 90.1 Å². The van der Waals surface area contributed by atoms with Crippen molar-refractivity contribution in [3.8, 4) is 0 Å². The van der Waals surface area contributed by atoms with Crippen molar-refractivity contribution in [1.82, 2.24) is 15.3 Å². The van der Waals surface area contributed by atoms with Gasteiger partial charge in [-0.25, -0.2) is 9.97 Å². The summed E-state index contributed by atoms with van der Waals surface area (Å²) in [4.78, 5) is 19.8. The molecule has 18 heavy (non-hydrogen) atoms. The van der Waals surface area contributed by atoms with Gasteiger partial charge in [-0.1, -0.05) is 0 Å². The maximum Gasteiger partial charge on any atom is 0.270 e. The SMILES string of the molecule is CCOC1CC(NC(=O)c2cc(C)nc(N)n2)C1. The van der Waals surface area contributed by atoms with E-state index in [0.717, 1.165) is 12.8 Å². The minimum Gasteiger partial charge on any atom is -0.378 e. The van der Waals surface area contributed by atoms with Crippen LogP contribution < -0.4 is 11.1 Å². The van der Waals surface area contributed by atoms with Crippen LogP contribution in [0.15, 0.2) is 6.07 Å². The number of nitrogens with two attached hydrogens (primary N) is 1. The molecule has 1 amide bonds. The second-order valence-corrected chi connectivity index (χ2v) is 4.47. The Hall–Kier alpha value is -1.69. The summed E-state index contributed by atoms with van der Waals surface area (Å²) in [6.45, 7) is 4.47. The number of carbonyl (C=O) groups is 1. The van der Waals surface area contributed by atoms with E-state index in [4.69, 9.17) is 10.5 Å². The second kappa shape index (κ2) is 5.30. The number of aromatic nitrogens is 2. The highest BCUT2D eigenvalue weighted by atomic mass is 16.5. The van der Waals surface area contributed by atoms with Gasteiger partial charge in [0.05, 0.1) is 6.10 Å². The van der Waals surface area contributed by atoms with E-state index < -0.39 is 0 Å². The lowest BCUT2D eigenvalue weighted by atomic mass is 9.89. The number of rotatable bonds is 4. The number of nitrogen functional groups attached to an aromatic ring is 1. The normalized spacial score (nSPS) is 22.3. The summed E-state index contributed by atoms with van der Waals surface area (Å²) in [5.74, 6) is -0.0758. The van der Waals surface area contributed by atoms with Gasteiger partial charge in [0, 0.05) is 18.3 Å². The quantitative estimate of drug-likeness (QED) is 0.819. The van der Waals surface area contributed by atoms with Gasteiger partial charge in [-0.2, -0.15) is 0 Å². The maximum atomic E-state index is 11.9. The van der Waals surface area contributed by atoms with Gasteiger partial charge >= 0.3 is 0 Å². The van der Waals surface area contributed by atoms with Gasteiger partial charge in [0.25, 0.3) is 5.91 Å². The third-order valence-corrected chi connectivity index (χ3v) is 2.94. The first-order valence-electron chi connectivity index (χ1n) is 6.12. The van der Waals surface area contributed by atoms with Gasteiger partial charge in [-0.15, -0.1) is 0 Å². The summed E-state index contributed by atoms with van der Waals surface area (Å²) in [7, 11) is 0. The van der Waals surface area contributed by atoms with Crippen LogP contribution in [0.4, 0.5) is 5.95 Å². The zero-order valence-corrected chi connectivity index (χ0v) is 10.6. The first kappa shape index (κ1) is 12.8. The lowest BCUT2D eigenvalue weighted by molar-refractivity contribution is -0.00867. The van der Waals surface area contributed by atoms with Crippen LogP contribution in [-0.4, -0.2) is 34.6 Å². The van der Waals surface area contributed by atoms with Gasteiger partial charge in [-0.3, -0.25) is 4.79 Å². The van der Waals surface area contributed by atoms with E-state index >= 15 is 0 Å². The Balaban J connectivity index is 1.89. The Morgan fingerprint density at radius 2 is 2.28 bits per heavy atom. The molecule has 6 heteroatoms. The Bertz CT molecular complexity index is 423. The molecule has 1 aromatic rings. The van der Waals surface area contributed by atoms with E-state index in [9.17, 15) is 4.79 Å². The Morgan fingerprint density at radius 1 is 1.56 bits per heavy atom. The lowest BCUT2D eigenvalue weighted by Gasteiger charge is -2.35. The summed E-state index contributed by atoms with van der Waals surface area (Å²) in [5.41, 5.74) is 6.52. The predicted molar refractivity (Wildman–Crippen MR) is 67.1 cm³/mol. The molecule has 0 atom stereocenters. The molecule has 0 aromatic carbocycles. The van der Waals surface area contributed by atoms with Gasteiger partial charge in [0.15, 0.2) is 0 Å². The fourth-order valence-electron chi connectivity index (χ4n) is 2.02. The molecule has 98 valence electrons. The standard InChI is InChI=1S/C12H18N4O2/c1-3-18-9-5-8(6-9)15-11(17)10-4-7(2)14-12(13)16-10/h4,8-9H,3,5-6H2,1-2H3,(H,15,17)(H2,13,14,16). The highest BCUT2D eigenvalue weighted by Crippen LogP contribution is 2.23. The first-order valence-corrected chi connectivity index (χ1v) is 6.12. The van der Waals surface area contributed by atoms with Crippen molar-refractivity contribution in [2.75, 3.05) is 12.3 Å². The highest BCUT2D eigenvalue weighted by Gasteiger charge is 2.31. The molecule has 0 spiro atoms. The molecule has 1 aliphatic rings. The largest absolute Gasteiger partial charge is 0.378 e. The van der Waals surface area contributed by atoms with Crippen molar-refractivity contribution in [3.05, 3.63) is 17.5 Å². The van der Waals surface area contributed by atoms with Crippen molar-refractivity contribution in [3.63, 3.8) is 0 Å². The summed E-state index contributed by atoms with van der Waals surface area (Å²) >= 11 is 0. The van der Waals surface area contributed by atoms with Crippen LogP contribution in [0.2, 0.25) is 0 Å². The number of anilines is 1. The van der Waals surface area contributed by atoms with Gasteiger partial charge in [0.1, 0.15) is 5.69 Å². The molecular weight excluding hydrogens is 232 g/mol. The molecule has 0 aliphatic heterocycles. The molecule has 0 saturated heterocycles. The number of amides is 1. The van der Waals surface area contributed by atoms with Crippen LogP contribution in [0.1, 0.15) is 35.9 Å². The second-order valence-electron chi connectivity index (χ2n) is 4.47. The van der Waals surface area contributed by atoms with Gasteiger partial charge in [-0.05, 0) is 32.8 Å². The molecule has 1 heterocycles. The molecule has 3 N–H and O–H groups in total. The lowest BCUT2D eigenvalue weighted by Crippen LogP contribution is -2.48. The maximum absolute atomic E-state index is 11.9. The van der Waals surface area contributed by atoms with Crippen molar-refractivity contribution >= 4 is 11.9 Å². The van der Waals surface area contributed by atoms with E-state index in [1.807, 2.05) is 6.92 Å². The number of carbonyl (C=O) groups excluding carboxylic acids is 1. The van der Waals surface area contributed by atoms with Gasteiger partial charge in [0.2, 0.25) is 5.95 Å². The van der Waals surface area contributed by atoms with E-state index in [0.29, 0.717) is 18.0 Å². The molecule has 0 bridgehead atoms. The third-order valence-electron chi connectivity index (χ3n) is 2.94. The van der Waals surface area contributed by atoms with E-state index in [1.54, 1.807) is 13.0 Å². The average Bonchev–Trinajstić information content (AvgIpc) is 2.24. The zero-order chi connectivity index (χ0) is 13.1. The van der Waals surface area contributed by atoms with Crippen LogP contribution in [0.3, 0.4) is 0 Å². The van der Waals surface area contributed by atoms with Gasteiger partial charge < -0.3 is 15.8 Å². The molecule has 1 fully saturated rings. The van der Waals surface area contributed by atoms with Crippen LogP contribution in [0.25, 0.3) is 0 Å². The molecule has 2 rings (SSSR count). The fourth-order valence-corrected chi connectivity index (χ4v) is 2.02. The Labute approximate surface area is 106 Å². The number of ether oxygens (including phenoxy) is 1. The summed E-state index contributed by atoms with van der Waals surface area (Å²) < 4.78 is 5.44. The number of hydrogen-bond acceptors (Lipinski definition) is 5. The van der Waals surface area contributed by atoms with Crippen LogP contribution in [-0.2, 0) is 4.74 Å². The Kier molecular flexibility index (Phi) is 3.76. The van der Waals surface area contributed by atoms with E-state index in [2.05, 4.69) is 15.3 Å². The fraction of sp³-hybridized carbons (Fsp3) is 0.583. The smallest absolute Gasteiger partial charge is 0.270 e. The third kappa shape index (κ3) is 2.95. The molecule has 1 saturated carbocycles. The number of hydrogen-bond donors (Lipinski definition) is 2. The highest BCUT2D eigenvalue weighted by molar-refractivity contribution is 5.92. The minimum absolute atomic E-state index is 0.126. The summed E-state index contributed by atoms with van der Waals surface area (Å²) in [6.07, 6.45) is 2.00. The summed E-state index contributed by atoms with van der Waals surface area (Å²) in [6, 6.07) is 1.80. The minimum atomic E-state index is -0.202. The van der Waals surface area contributed by atoms with E-state index in [-0.39, 0.29) is 24.0 Å². The Morgan fingerprint density at radius 3 is 2.89 bits per heavy atom. The monoisotopic (exact) mass is 250 g/mol. The van der Waals surface area contributed by atoms with Crippen molar-refractivity contribution in [2.24, 2.45) is 0 Å². The summed E-state index contributed by atoms with van der Waals surface area (Å²) in [5, 5.41) is 2.91. The number of nitrogens with zero attached hydrogens (tertiary/aromatic N) is 2. The average molecular weight is 250 g/mol. The predicted octanol–water partition coefficient (Wildman–Crippen LogP) is 0.665. The molecular formula is C12H18N4O2. The van der Waals surface area contributed by atoms with Crippen LogP contribution in [0.5, 0.6) is 0 Å². The van der Waals surface area contributed by atoms with Crippen molar-refractivity contribution in [2.45, 2.75) is 38.8 Å². The molecule has 0 radical (unpaired) electrons. The van der Waals surface area contributed by atoms with E-state index in [1.165, 1.54) is 0 Å². The molecule has 0 unspecified atom stereocenters. The number of aryl methyl sites for hydroxylation is 1. The van der Waals surface area contributed by atoms with Crippen molar-refractivity contribution < 1.29 is 9.53 Å². The number of nitrogens with one attached hydrogen (secondary N) is 1. The zero-order valence-electron chi connectivity index (χ0n) is 10.6. The van der Waals surface area contributed by atoms with Crippen LogP contribution in [0, 0.1) is 6.92 Å². The van der Waals surface area contributed by atoms with Crippen molar-refractivity contribution in [1.29, 1.82) is 0 Å². The first-order chi connectivity index (χ1) is 8.58. The van der Waals surface area contributed by atoms with Crippen LogP contribution >= 0.6 is 0 Å². The molecule has 6 nitrogen and oxygen atoms in total. The molecule has 1 aliphatic carbocycles.